The summed E-state index contributed by atoms with van der Waals surface area (Å²) in [5.41, 5.74) is 2.16. The molecule has 2 amide bonds. The minimum absolute atomic E-state index is 0.101. The van der Waals surface area contributed by atoms with E-state index in [9.17, 15) is 4.79 Å². The van der Waals surface area contributed by atoms with Crippen molar-refractivity contribution < 1.29 is 4.79 Å². The number of amides is 2. The lowest BCUT2D eigenvalue weighted by Crippen LogP contribution is -2.58. The molecule has 1 aromatic carbocycles. The van der Waals surface area contributed by atoms with E-state index in [2.05, 4.69) is 57.8 Å². The first-order chi connectivity index (χ1) is 13.2. The van der Waals surface area contributed by atoms with Crippen molar-refractivity contribution in [2.75, 3.05) is 43.4 Å². The summed E-state index contributed by atoms with van der Waals surface area (Å²) >= 11 is 1.59. The first kappa shape index (κ1) is 18.3. The minimum Gasteiger partial charge on any atom is -0.374 e. The van der Waals surface area contributed by atoms with Crippen molar-refractivity contribution in [2.45, 2.75) is 18.9 Å². The van der Waals surface area contributed by atoms with Crippen molar-refractivity contribution in [3.8, 4) is 0 Å². The number of fused-ring (bicyclic) bond motifs is 3. The van der Waals surface area contributed by atoms with Crippen molar-refractivity contribution in [3.05, 3.63) is 47.2 Å². The van der Waals surface area contributed by atoms with E-state index in [-0.39, 0.29) is 6.03 Å². The molecule has 2 aromatic rings. The zero-order valence-electron chi connectivity index (χ0n) is 15.8. The number of nitrogens with zero attached hydrogens (tertiary/aromatic N) is 2. The minimum atomic E-state index is -0.101. The van der Waals surface area contributed by atoms with Gasteiger partial charge in [0.2, 0.25) is 0 Å². The number of benzene rings is 1. The number of anilines is 2. The van der Waals surface area contributed by atoms with Crippen LogP contribution < -0.4 is 15.5 Å². The molecule has 2 N–H and O–H groups in total. The van der Waals surface area contributed by atoms with Crippen LogP contribution in [0.5, 0.6) is 0 Å². The van der Waals surface area contributed by atoms with Gasteiger partial charge in [0.25, 0.3) is 0 Å². The van der Waals surface area contributed by atoms with Crippen molar-refractivity contribution >= 4 is 28.7 Å². The van der Waals surface area contributed by atoms with E-state index in [1.165, 1.54) is 18.5 Å². The van der Waals surface area contributed by atoms with E-state index in [4.69, 9.17) is 0 Å². The van der Waals surface area contributed by atoms with Gasteiger partial charge in [-0.05, 0) is 54.8 Å². The van der Waals surface area contributed by atoms with E-state index in [1.54, 1.807) is 11.3 Å². The summed E-state index contributed by atoms with van der Waals surface area (Å²) < 4.78 is 0. The van der Waals surface area contributed by atoms with Crippen molar-refractivity contribution in [3.63, 3.8) is 0 Å². The highest BCUT2D eigenvalue weighted by molar-refractivity contribution is 7.08. The molecule has 6 heteroatoms. The van der Waals surface area contributed by atoms with Gasteiger partial charge in [-0.25, -0.2) is 4.79 Å². The van der Waals surface area contributed by atoms with Crippen LogP contribution in [0.2, 0.25) is 0 Å². The van der Waals surface area contributed by atoms with Crippen molar-refractivity contribution in [1.82, 2.24) is 10.2 Å². The molecule has 3 aliphatic heterocycles. The predicted molar refractivity (Wildman–Crippen MR) is 113 cm³/mol. The fraction of sp³-hybridized carbons (Fsp3) is 0.476. The molecule has 0 spiro atoms. The molecule has 1 aromatic heterocycles. The van der Waals surface area contributed by atoms with Gasteiger partial charge in [0.15, 0.2) is 0 Å². The Morgan fingerprint density at radius 1 is 1.30 bits per heavy atom. The molecule has 2 bridgehead atoms. The van der Waals surface area contributed by atoms with Gasteiger partial charge in [-0.3, -0.25) is 4.90 Å². The molecule has 3 fully saturated rings. The number of hydrogen-bond acceptors (Lipinski definition) is 4. The van der Waals surface area contributed by atoms with Crippen LogP contribution in [0.25, 0.3) is 0 Å². The number of hydrogen-bond donors (Lipinski definition) is 2. The van der Waals surface area contributed by atoms with Crippen LogP contribution in [0.1, 0.15) is 12.8 Å². The summed E-state index contributed by atoms with van der Waals surface area (Å²) in [5.74, 6) is 1.47. The Labute approximate surface area is 165 Å². The average molecular weight is 385 g/mol. The molecular formula is C21H28N4OS. The molecule has 0 saturated carbocycles. The van der Waals surface area contributed by atoms with Gasteiger partial charge in [-0.15, -0.1) is 0 Å². The summed E-state index contributed by atoms with van der Waals surface area (Å²) in [6, 6.07) is 12.9. The second-order valence-corrected chi connectivity index (χ2v) is 8.54. The van der Waals surface area contributed by atoms with Crippen LogP contribution in [-0.2, 0) is 0 Å². The lowest BCUT2D eigenvalue weighted by molar-refractivity contribution is 0.00612. The van der Waals surface area contributed by atoms with Gasteiger partial charge in [0.1, 0.15) is 0 Å². The largest absolute Gasteiger partial charge is 0.374 e. The fourth-order valence-electron chi connectivity index (χ4n) is 4.53. The summed E-state index contributed by atoms with van der Waals surface area (Å²) in [4.78, 5) is 17.0. The van der Waals surface area contributed by atoms with Crippen LogP contribution in [0.4, 0.5) is 16.2 Å². The number of carbonyl (C=O) groups is 1. The predicted octanol–water partition coefficient (Wildman–Crippen LogP) is 3.72. The molecule has 3 saturated heterocycles. The van der Waals surface area contributed by atoms with E-state index in [0.29, 0.717) is 12.0 Å². The van der Waals surface area contributed by atoms with E-state index in [0.717, 1.165) is 37.8 Å². The topological polar surface area (TPSA) is 47.6 Å². The van der Waals surface area contributed by atoms with Gasteiger partial charge in [0, 0.05) is 43.8 Å². The Hall–Kier alpha value is -2.05. The van der Waals surface area contributed by atoms with Gasteiger partial charge in [-0.1, -0.05) is 18.2 Å². The average Bonchev–Trinajstić information content (AvgIpc) is 3.21. The third-order valence-corrected chi connectivity index (χ3v) is 6.68. The molecule has 3 aliphatic rings. The molecule has 4 heterocycles. The van der Waals surface area contributed by atoms with Crippen LogP contribution in [0.3, 0.4) is 0 Å². The van der Waals surface area contributed by atoms with Crippen LogP contribution >= 0.6 is 11.3 Å². The number of para-hydroxylation sites is 1. The number of rotatable bonds is 6. The highest BCUT2D eigenvalue weighted by atomic mass is 32.1. The summed E-state index contributed by atoms with van der Waals surface area (Å²) in [6.07, 6.45) is 2.47. The number of nitrogens with one attached hydrogen (secondary N) is 2. The van der Waals surface area contributed by atoms with E-state index >= 15 is 0 Å². The van der Waals surface area contributed by atoms with Gasteiger partial charge in [-0.2, -0.15) is 11.3 Å². The highest BCUT2D eigenvalue weighted by Gasteiger charge is 2.40. The van der Waals surface area contributed by atoms with Crippen LogP contribution in [0.15, 0.2) is 47.2 Å². The zero-order chi connectivity index (χ0) is 18.6. The van der Waals surface area contributed by atoms with Crippen molar-refractivity contribution in [2.24, 2.45) is 11.8 Å². The standard InChI is InChI=1S/C21H28N4OS/c1-24(19-5-3-2-4-6-19)13-17-14-25-9-7-16(17)11-20(25)12-22-21(26)23-18-8-10-27-15-18/h2-6,8,10,15-17,20H,7,9,11-14H2,1H3,(H2,22,23,26). The first-order valence-corrected chi connectivity index (χ1v) is 10.7. The number of piperidine rings is 3. The third kappa shape index (κ3) is 4.45. The molecule has 5 rings (SSSR count). The molecule has 4 atom stereocenters. The maximum Gasteiger partial charge on any atom is 0.319 e. The number of thiophene rings is 1. The summed E-state index contributed by atoms with van der Waals surface area (Å²) in [5, 5.41) is 9.86. The molecule has 4 unspecified atom stereocenters. The van der Waals surface area contributed by atoms with E-state index in [1.807, 2.05) is 16.8 Å². The second kappa shape index (κ2) is 8.31. The maximum absolute atomic E-state index is 12.1. The lowest BCUT2D eigenvalue weighted by Gasteiger charge is -2.50. The zero-order valence-corrected chi connectivity index (χ0v) is 16.6. The van der Waals surface area contributed by atoms with Crippen LogP contribution in [0, 0.1) is 11.8 Å². The smallest absolute Gasteiger partial charge is 0.319 e. The molecule has 27 heavy (non-hydrogen) atoms. The molecule has 5 nitrogen and oxygen atoms in total. The third-order valence-electron chi connectivity index (χ3n) is 6.00. The van der Waals surface area contributed by atoms with Gasteiger partial charge < -0.3 is 15.5 Å². The van der Waals surface area contributed by atoms with Gasteiger partial charge >= 0.3 is 6.03 Å². The number of carbonyl (C=O) groups excluding carboxylic acids is 1. The molecule has 0 aliphatic carbocycles. The quantitative estimate of drug-likeness (QED) is 0.798. The highest BCUT2D eigenvalue weighted by Crippen LogP contribution is 2.36. The van der Waals surface area contributed by atoms with Gasteiger partial charge in [0.05, 0.1) is 5.69 Å². The summed E-state index contributed by atoms with van der Waals surface area (Å²) in [7, 11) is 2.20. The molecular weight excluding hydrogens is 356 g/mol. The Balaban J connectivity index is 1.26. The molecule has 0 radical (unpaired) electrons. The van der Waals surface area contributed by atoms with Crippen LogP contribution in [-0.4, -0.2) is 50.2 Å². The second-order valence-electron chi connectivity index (χ2n) is 7.76. The van der Waals surface area contributed by atoms with E-state index < -0.39 is 0 Å². The molecule has 144 valence electrons. The first-order valence-electron chi connectivity index (χ1n) is 9.76. The van der Waals surface area contributed by atoms with Crippen molar-refractivity contribution in [1.29, 1.82) is 0 Å². The maximum atomic E-state index is 12.1. The summed E-state index contributed by atoms with van der Waals surface area (Å²) in [6.45, 7) is 4.13. The Morgan fingerprint density at radius 3 is 2.85 bits per heavy atom. The normalized spacial score (nSPS) is 26.6. The SMILES string of the molecule is CN(CC1CN2CCC1CC2CNC(=O)Nc1ccsc1)c1ccccc1. The Bertz CT molecular complexity index is 736. The Kier molecular flexibility index (Phi) is 5.64. The lowest BCUT2D eigenvalue weighted by atomic mass is 9.75. The fourth-order valence-corrected chi connectivity index (χ4v) is 5.12. The number of urea groups is 1. The monoisotopic (exact) mass is 384 g/mol. The Morgan fingerprint density at radius 2 is 2.15 bits per heavy atom.